The van der Waals surface area contributed by atoms with E-state index in [4.69, 9.17) is 10.3 Å². The van der Waals surface area contributed by atoms with Crippen LogP contribution in [0.3, 0.4) is 0 Å². The third-order valence-electron chi connectivity index (χ3n) is 7.41. The van der Waals surface area contributed by atoms with Gasteiger partial charge < -0.3 is 25.0 Å². The highest BCUT2D eigenvalue weighted by Gasteiger charge is 2.35. The number of likely N-dealkylation sites (N-methyl/N-ethyl adjacent to an activating group) is 2. The number of hydrogen-bond donors (Lipinski definition) is 1. The van der Waals surface area contributed by atoms with Gasteiger partial charge in [-0.3, -0.25) is 14.4 Å². The van der Waals surface area contributed by atoms with Crippen molar-refractivity contribution >= 4 is 28.5 Å². The number of amides is 3. The van der Waals surface area contributed by atoms with Crippen LogP contribution in [-0.4, -0.2) is 82.3 Å². The van der Waals surface area contributed by atoms with Crippen LogP contribution in [0.5, 0.6) is 0 Å². The van der Waals surface area contributed by atoms with Gasteiger partial charge in [0.05, 0.1) is 0 Å². The molecule has 4 aromatic rings. The second-order valence-corrected chi connectivity index (χ2v) is 11.8. The van der Waals surface area contributed by atoms with Gasteiger partial charge in [-0.05, 0) is 35.7 Å². The lowest BCUT2D eigenvalue weighted by atomic mass is 9.98. The predicted molar refractivity (Wildman–Crippen MR) is 170 cm³/mol. The monoisotopic (exact) mass is 596 g/mol. The molecule has 3 aromatic carbocycles. The molecule has 0 fully saturated rings. The minimum absolute atomic E-state index is 0.0987. The quantitative estimate of drug-likeness (QED) is 0.259. The Morgan fingerprint density at radius 3 is 2.18 bits per heavy atom. The van der Waals surface area contributed by atoms with Crippen molar-refractivity contribution in [1.82, 2.24) is 24.8 Å². The van der Waals surface area contributed by atoms with Gasteiger partial charge >= 0.3 is 0 Å². The summed E-state index contributed by atoms with van der Waals surface area (Å²) in [7, 11) is 6.46. The Balaban J connectivity index is 1.72. The van der Waals surface area contributed by atoms with Crippen LogP contribution in [0, 0.1) is 0 Å². The second kappa shape index (κ2) is 13.6. The molecule has 0 aliphatic heterocycles. The average molecular weight is 597 g/mol. The zero-order chi connectivity index (χ0) is 32.0. The van der Waals surface area contributed by atoms with Crippen LogP contribution in [0.25, 0.3) is 10.8 Å². The fraction of sp³-hybridized carbons (Fsp3) is 0.324. The Morgan fingerprint density at radius 1 is 0.864 bits per heavy atom. The van der Waals surface area contributed by atoms with E-state index >= 15 is 0 Å². The van der Waals surface area contributed by atoms with E-state index in [1.165, 1.54) is 20.8 Å². The molecule has 0 spiro atoms. The first-order valence-electron chi connectivity index (χ1n) is 14.4. The number of nitrogens with zero attached hydrogens (tertiary/aromatic N) is 5. The third-order valence-corrected chi connectivity index (χ3v) is 7.41. The molecule has 2 atom stereocenters. The van der Waals surface area contributed by atoms with E-state index in [1.807, 2.05) is 72.8 Å². The third kappa shape index (κ3) is 7.96. The first-order chi connectivity index (χ1) is 20.8. The maximum absolute atomic E-state index is 14.4. The Kier molecular flexibility index (Phi) is 9.95. The van der Waals surface area contributed by atoms with E-state index in [2.05, 4.69) is 10.1 Å². The molecular formula is C34H40N6O4. The van der Waals surface area contributed by atoms with Gasteiger partial charge in [-0.2, -0.15) is 4.98 Å². The summed E-state index contributed by atoms with van der Waals surface area (Å²) in [6.07, 6.45) is 3.64. The summed E-state index contributed by atoms with van der Waals surface area (Å²) in [5.41, 5.74) is 7.21. The summed E-state index contributed by atoms with van der Waals surface area (Å²) < 4.78 is 5.56. The van der Waals surface area contributed by atoms with Crippen LogP contribution in [0.15, 0.2) is 89.5 Å². The van der Waals surface area contributed by atoms with Crippen LogP contribution in [-0.2, 0) is 22.4 Å². The maximum Gasteiger partial charge on any atom is 0.294 e. The van der Waals surface area contributed by atoms with Crippen molar-refractivity contribution in [1.29, 1.82) is 0 Å². The van der Waals surface area contributed by atoms with Gasteiger partial charge in [0, 0.05) is 52.6 Å². The number of carbonyl (C=O) groups is 3. The molecule has 0 bridgehead atoms. The zero-order valence-electron chi connectivity index (χ0n) is 26.1. The molecule has 1 aromatic heterocycles. The van der Waals surface area contributed by atoms with Crippen molar-refractivity contribution in [2.45, 2.75) is 44.3 Å². The van der Waals surface area contributed by atoms with Crippen molar-refractivity contribution in [3.8, 4) is 0 Å². The molecule has 3 amide bonds. The largest absolute Gasteiger partial charge is 0.342 e. The molecule has 0 saturated carbocycles. The van der Waals surface area contributed by atoms with Crippen LogP contribution in [0.2, 0.25) is 0 Å². The van der Waals surface area contributed by atoms with Crippen LogP contribution < -0.4 is 5.73 Å². The number of fused-ring (bicyclic) bond motifs is 1. The summed E-state index contributed by atoms with van der Waals surface area (Å²) in [6.45, 7) is 3.58. The van der Waals surface area contributed by atoms with Gasteiger partial charge in [0.25, 0.3) is 11.7 Å². The molecule has 4 rings (SSSR count). The minimum atomic E-state index is -0.872. The molecule has 2 N–H and O–H groups in total. The summed E-state index contributed by atoms with van der Waals surface area (Å²) in [4.78, 5) is 49.0. The predicted octanol–water partition coefficient (Wildman–Crippen LogP) is 4.03. The molecule has 0 radical (unpaired) electrons. The Hall–Kier alpha value is -4.83. The first kappa shape index (κ1) is 32.1. The average Bonchev–Trinajstić information content (AvgIpc) is 3.50. The Morgan fingerprint density at radius 2 is 1.52 bits per heavy atom. The van der Waals surface area contributed by atoms with Crippen molar-refractivity contribution in [3.05, 3.63) is 108 Å². The number of nitrogens with two attached hydrogens (primary N) is 1. The van der Waals surface area contributed by atoms with Crippen molar-refractivity contribution < 1.29 is 18.9 Å². The topological polar surface area (TPSA) is 126 Å². The number of benzene rings is 3. The van der Waals surface area contributed by atoms with E-state index in [-0.39, 0.29) is 30.0 Å². The molecule has 0 aliphatic rings. The normalized spacial score (nSPS) is 13.1. The van der Waals surface area contributed by atoms with E-state index < -0.39 is 23.5 Å². The highest BCUT2D eigenvalue weighted by Crippen LogP contribution is 2.26. The standard InChI is InChI=1S/C34H40N6O4/c1-34(2,35)19-18-29(41)39(5)28(22-24-16-17-25-14-10-11-15-26(25)20-24)32(42)40(6)27(21-23-12-8-7-9-13-23)31-36-30(37-44-31)33(43)38(3)4/h7-20,27-28H,21-22,35H2,1-6H3/b19-18+/t27?,28-/m1/s1. The molecule has 44 heavy (non-hydrogen) atoms. The first-order valence-corrected chi connectivity index (χ1v) is 14.4. The van der Waals surface area contributed by atoms with Gasteiger partial charge in [0.15, 0.2) is 0 Å². The zero-order valence-corrected chi connectivity index (χ0v) is 26.1. The van der Waals surface area contributed by atoms with E-state index in [0.717, 1.165) is 21.9 Å². The van der Waals surface area contributed by atoms with E-state index in [0.29, 0.717) is 6.42 Å². The van der Waals surface area contributed by atoms with Crippen molar-refractivity contribution in [3.63, 3.8) is 0 Å². The maximum atomic E-state index is 14.4. The number of aromatic nitrogens is 2. The summed E-state index contributed by atoms with van der Waals surface area (Å²) >= 11 is 0. The molecule has 10 nitrogen and oxygen atoms in total. The molecule has 0 aliphatic carbocycles. The van der Waals surface area contributed by atoms with Gasteiger partial charge in [-0.1, -0.05) is 84.0 Å². The molecule has 1 unspecified atom stereocenters. The number of rotatable bonds is 11. The lowest BCUT2D eigenvalue weighted by Crippen LogP contribution is -2.50. The van der Waals surface area contributed by atoms with E-state index in [1.54, 1.807) is 48.1 Å². The van der Waals surface area contributed by atoms with E-state index in [9.17, 15) is 14.4 Å². The van der Waals surface area contributed by atoms with Gasteiger partial charge in [0.1, 0.15) is 12.1 Å². The SMILES string of the molecule is CN(C)C(=O)c1noc(C(Cc2ccccc2)N(C)C(=O)[C@@H](Cc2ccc3ccccc3c2)N(C)C(=O)/C=C/C(C)(C)N)n1. The molecule has 1 heterocycles. The van der Waals surface area contributed by atoms with Crippen LogP contribution >= 0.6 is 0 Å². The Bertz CT molecular complexity index is 1640. The van der Waals surface area contributed by atoms with Crippen molar-refractivity contribution in [2.24, 2.45) is 5.73 Å². The lowest BCUT2D eigenvalue weighted by Gasteiger charge is -2.33. The molecule has 10 heteroatoms. The number of hydrogen-bond acceptors (Lipinski definition) is 7. The second-order valence-electron chi connectivity index (χ2n) is 11.8. The minimum Gasteiger partial charge on any atom is -0.342 e. The summed E-state index contributed by atoms with van der Waals surface area (Å²) in [6, 6.07) is 22.0. The highest BCUT2D eigenvalue weighted by atomic mass is 16.5. The van der Waals surface area contributed by atoms with Crippen LogP contribution in [0.4, 0.5) is 0 Å². The van der Waals surface area contributed by atoms with Crippen LogP contribution in [0.1, 0.15) is 47.5 Å². The lowest BCUT2D eigenvalue weighted by molar-refractivity contribution is -0.143. The molecule has 230 valence electrons. The summed E-state index contributed by atoms with van der Waals surface area (Å²) in [5, 5.41) is 6.01. The van der Waals surface area contributed by atoms with Gasteiger partial charge in [-0.15, -0.1) is 0 Å². The fourth-order valence-corrected chi connectivity index (χ4v) is 4.81. The van der Waals surface area contributed by atoms with Gasteiger partial charge in [0.2, 0.25) is 17.7 Å². The van der Waals surface area contributed by atoms with Crippen molar-refractivity contribution in [2.75, 3.05) is 28.2 Å². The smallest absolute Gasteiger partial charge is 0.294 e. The van der Waals surface area contributed by atoms with Gasteiger partial charge in [-0.25, -0.2) is 0 Å². The Labute approximate surface area is 258 Å². The fourth-order valence-electron chi connectivity index (χ4n) is 4.81. The molecule has 0 saturated heterocycles. The highest BCUT2D eigenvalue weighted by molar-refractivity contribution is 5.93. The molecular weight excluding hydrogens is 556 g/mol. The number of carbonyl (C=O) groups excluding carboxylic acids is 3. The summed E-state index contributed by atoms with van der Waals surface area (Å²) in [5.74, 6) is -1.07.